The SMILES string of the molecule is O=Cc1sc(Oc2ccccc2CO)nc1Cl. The van der Waals surface area contributed by atoms with E-state index in [2.05, 4.69) is 4.98 Å². The standard InChI is InChI=1S/C11H8ClNO3S/c12-10-9(6-15)17-11(13-10)16-8-4-2-1-3-7(8)5-14/h1-4,6,14H,5H2. The molecule has 0 saturated heterocycles. The van der Waals surface area contributed by atoms with Crippen molar-refractivity contribution < 1.29 is 14.6 Å². The lowest BCUT2D eigenvalue weighted by Gasteiger charge is -2.05. The molecule has 0 unspecified atom stereocenters. The van der Waals surface area contributed by atoms with Crippen LogP contribution in [0.4, 0.5) is 0 Å². The molecule has 2 rings (SSSR count). The van der Waals surface area contributed by atoms with Gasteiger partial charge in [0.1, 0.15) is 10.6 Å². The lowest BCUT2D eigenvalue weighted by Crippen LogP contribution is -1.90. The number of nitrogens with zero attached hydrogens (tertiary/aromatic N) is 1. The molecule has 1 aromatic carbocycles. The summed E-state index contributed by atoms with van der Waals surface area (Å²) in [6, 6.07) is 7.03. The number of hydrogen-bond acceptors (Lipinski definition) is 5. The van der Waals surface area contributed by atoms with Crippen LogP contribution in [0.15, 0.2) is 24.3 Å². The highest BCUT2D eigenvalue weighted by Gasteiger charge is 2.11. The topological polar surface area (TPSA) is 59.4 Å². The summed E-state index contributed by atoms with van der Waals surface area (Å²) in [5, 5.41) is 9.53. The Balaban J connectivity index is 2.28. The van der Waals surface area contributed by atoms with Gasteiger partial charge in [-0.1, -0.05) is 41.1 Å². The van der Waals surface area contributed by atoms with E-state index >= 15 is 0 Å². The van der Waals surface area contributed by atoms with Crippen molar-refractivity contribution in [1.82, 2.24) is 4.98 Å². The summed E-state index contributed by atoms with van der Waals surface area (Å²) in [6.45, 7) is -0.129. The summed E-state index contributed by atoms with van der Waals surface area (Å²) < 4.78 is 5.47. The molecule has 88 valence electrons. The van der Waals surface area contributed by atoms with E-state index in [0.29, 0.717) is 22.5 Å². The van der Waals surface area contributed by atoms with Gasteiger partial charge in [-0.05, 0) is 6.07 Å². The lowest BCUT2D eigenvalue weighted by molar-refractivity contribution is 0.112. The van der Waals surface area contributed by atoms with Crippen molar-refractivity contribution in [2.45, 2.75) is 6.61 Å². The minimum absolute atomic E-state index is 0.126. The second kappa shape index (κ2) is 5.27. The first kappa shape index (κ1) is 12.0. The van der Waals surface area contributed by atoms with Gasteiger partial charge in [0.25, 0.3) is 5.19 Å². The second-order valence-corrected chi connectivity index (χ2v) is 4.47. The Morgan fingerprint density at radius 3 is 2.88 bits per heavy atom. The third kappa shape index (κ3) is 2.63. The number of rotatable bonds is 4. The van der Waals surface area contributed by atoms with Gasteiger partial charge >= 0.3 is 0 Å². The summed E-state index contributed by atoms with van der Waals surface area (Å²) in [5.74, 6) is 0.498. The number of aliphatic hydroxyl groups is 1. The summed E-state index contributed by atoms with van der Waals surface area (Å²) in [7, 11) is 0. The van der Waals surface area contributed by atoms with E-state index in [1.54, 1.807) is 24.3 Å². The second-order valence-electron chi connectivity index (χ2n) is 3.12. The molecule has 6 heteroatoms. The molecule has 4 nitrogen and oxygen atoms in total. The predicted molar refractivity (Wildman–Crippen MR) is 65.0 cm³/mol. The average molecular weight is 270 g/mol. The van der Waals surface area contributed by atoms with Crippen LogP contribution in [-0.2, 0) is 6.61 Å². The maximum Gasteiger partial charge on any atom is 0.280 e. The van der Waals surface area contributed by atoms with Crippen LogP contribution in [-0.4, -0.2) is 16.4 Å². The number of hydrogen-bond donors (Lipinski definition) is 1. The van der Waals surface area contributed by atoms with E-state index in [0.717, 1.165) is 11.3 Å². The molecule has 0 atom stereocenters. The lowest BCUT2D eigenvalue weighted by atomic mass is 10.2. The zero-order valence-electron chi connectivity index (χ0n) is 8.59. The van der Waals surface area contributed by atoms with Gasteiger partial charge in [-0.25, -0.2) is 0 Å². The number of carbonyl (C=O) groups excluding carboxylic acids is 1. The first-order valence-electron chi connectivity index (χ1n) is 4.72. The minimum Gasteiger partial charge on any atom is -0.430 e. The van der Waals surface area contributed by atoms with Gasteiger partial charge in [0.15, 0.2) is 11.4 Å². The number of carbonyl (C=O) groups is 1. The van der Waals surface area contributed by atoms with Gasteiger partial charge < -0.3 is 9.84 Å². The molecule has 1 aromatic heterocycles. The van der Waals surface area contributed by atoms with Crippen molar-refractivity contribution in [3.63, 3.8) is 0 Å². The number of para-hydroxylation sites is 1. The summed E-state index contributed by atoms with van der Waals surface area (Å²) >= 11 is 6.78. The van der Waals surface area contributed by atoms with Gasteiger partial charge in [0, 0.05) is 5.56 Å². The van der Waals surface area contributed by atoms with E-state index in [1.165, 1.54) is 0 Å². The number of aromatic nitrogens is 1. The molecule has 0 amide bonds. The summed E-state index contributed by atoms with van der Waals surface area (Å²) in [4.78, 5) is 14.8. The Kier molecular flexibility index (Phi) is 3.73. The molecular weight excluding hydrogens is 262 g/mol. The van der Waals surface area contributed by atoms with Crippen molar-refractivity contribution in [2.75, 3.05) is 0 Å². The van der Waals surface area contributed by atoms with Crippen molar-refractivity contribution in [3.8, 4) is 10.9 Å². The first-order chi connectivity index (χ1) is 8.24. The Bertz CT molecular complexity index is 541. The molecule has 2 aromatic rings. The fraction of sp³-hybridized carbons (Fsp3) is 0.0909. The number of ether oxygens (including phenoxy) is 1. The smallest absolute Gasteiger partial charge is 0.280 e. The van der Waals surface area contributed by atoms with Gasteiger partial charge in [0.05, 0.1) is 6.61 Å². The molecule has 1 heterocycles. The van der Waals surface area contributed by atoms with Gasteiger partial charge in [-0.15, -0.1) is 0 Å². The molecular formula is C11H8ClNO3S. The largest absolute Gasteiger partial charge is 0.430 e. The Morgan fingerprint density at radius 2 is 2.24 bits per heavy atom. The molecule has 0 spiro atoms. The number of benzene rings is 1. The van der Waals surface area contributed by atoms with Gasteiger partial charge in [-0.3, -0.25) is 4.79 Å². The normalized spacial score (nSPS) is 10.2. The summed E-state index contributed by atoms with van der Waals surface area (Å²) in [6.07, 6.45) is 0.630. The Hall–Kier alpha value is -1.43. The Morgan fingerprint density at radius 1 is 1.47 bits per heavy atom. The average Bonchev–Trinajstić information content (AvgIpc) is 2.70. The molecule has 1 N–H and O–H groups in total. The van der Waals surface area contributed by atoms with E-state index in [-0.39, 0.29) is 17.0 Å². The highest BCUT2D eigenvalue weighted by molar-refractivity contribution is 7.15. The van der Waals surface area contributed by atoms with E-state index in [1.807, 2.05) is 0 Å². The van der Waals surface area contributed by atoms with Crippen LogP contribution < -0.4 is 4.74 Å². The van der Waals surface area contributed by atoms with E-state index in [9.17, 15) is 4.79 Å². The number of halogens is 1. The van der Waals surface area contributed by atoms with Crippen molar-refractivity contribution >= 4 is 29.2 Å². The van der Waals surface area contributed by atoms with Gasteiger partial charge in [0.2, 0.25) is 0 Å². The fourth-order valence-corrected chi connectivity index (χ4v) is 2.16. The molecule has 0 bridgehead atoms. The van der Waals surface area contributed by atoms with Crippen LogP contribution in [0.3, 0.4) is 0 Å². The zero-order valence-corrected chi connectivity index (χ0v) is 10.2. The van der Waals surface area contributed by atoms with Crippen LogP contribution in [0.25, 0.3) is 0 Å². The van der Waals surface area contributed by atoms with E-state index < -0.39 is 0 Å². The number of aliphatic hydroxyl groups excluding tert-OH is 1. The molecule has 0 aliphatic carbocycles. The van der Waals surface area contributed by atoms with Crippen molar-refractivity contribution in [2.24, 2.45) is 0 Å². The van der Waals surface area contributed by atoms with Crippen molar-refractivity contribution in [3.05, 3.63) is 39.9 Å². The molecule has 17 heavy (non-hydrogen) atoms. The highest BCUT2D eigenvalue weighted by atomic mass is 35.5. The zero-order chi connectivity index (χ0) is 12.3. The van der Waals surface area contributed by atoms with Crippen LogP contribution in [0, 0.1) is 0 Å². The summed E-state index contributed by atoms with van der Waals surface area (Å²) in [5.41, 5.74) is 0.645. The minimum atomic E-state index is -0.129. The van der Waals surface area contributed by atoms with Crippen LogP contribution in [0.2, 0.25) is 5.15 Å². The van der Waals surface area contributed by atoms with E-state index in [4.69, 9.17) is 21.4 Å². The number of aldehydes is 1. The third-order valence-corrected chi connectivity index (χ3v) is 3.30. The predicted octanol–water partition coefficient (Wildman–Crippen LogP) is 2.89. The Labute approximate surface area is 106 Å². The third-order valence-electron chi connectivity index (χ3n) is 2.04. The fourth-order valence-electron chi connectivity index (χ4n) is 1.24. The maximum absolute atomic E-state index is 10.6. The molecule has 0 radical (unpaired) electrons. The maximum atomic E-state index is 10.6. The molecule has 0 aliphatic heterocycles. The van der Waals surface area contributed by atoms with Crippen LogP contribution >= 0.6 is 22.9 Å². The van der Waals surface area contributed by atoms with Crippen molar-refractivity contribution in [1.29, 1.82) is 0 Å². The first-order valence-corrected chi connectivity index (χ1v) is 5.92. The van der Waals surface area contributed by atoms with Gasteiger partial charge in [-0.2, -0.15) is 4.98 Å². The monoisotopic (exact) mass is 269 g/mol. The van der Waals surface area contributed by atoms with Crippen LogP contribution in [0.5, 0.6) is 10.9 Å². The quantitative estimate of drug-likeness (QED) is 0.867. The molecule has 0 aliphatic rings. The highest BCUT2D eigenvalue weighted by Crippen LogP contribution is 2.32. The molecule has 0 fully saturated rings. The molecule has 0 saturated carbocycles. The number of thiazole rings is 1. The van der Waals surface area contributed by atoms with Crippen LogP contribution in [0.1, 0.15) is 15.2 Å².